The molecule has 0 saturated carbocycles. The molecule has 0 N–H and O–H groups in total. The molecule has 0 spiro atoms. The number of benzene rings is 1. The van der Waals surface area contributed by atoms with Crippen molar-refractivity contribution in [3.63, 3.8) is 0 Å². The Bertz CT molecular complexity index is 941. The van der Waals surface area contributed by atoms with Gasteiger partial charge >= 0.3 is 0 Å². The fourth-order valence-corrected chi connectivity index (χ4v) is 4.52. The van der Waals surface area contributed by atoms with E-state index < -0.39 is 0 Å². The summed E-state index contributed by atoms with van der Waals surface area (Å²) in [7, 11) is 0. The van der Waals surface area contributed by atoms with Crippen molar-refractivity contribution in [2.24, 2.45) is 0 Å². The van der Waals surface area contributed by atoms with E-state index in [4.69, 9.17) is 0 Å². The Labute approximate surface area is 162 Å². The van der Waals surface area contributed by atoms with E-state index in [2.05, 4.69) is 19.9 Å². The summed E-state index contributed by atoms with van der Waals surface area (Å²) in [6.07, 6.45) is 7.23. The second-order valence-corrected chi connectivity index (χ2v) is 7.99. The van der Waals surface area contributed by atoms with Gasteiger partial charge in [-0.25, -0.2) is 0 Å². The fourth-order valence-electron chi connectivity index (χ4n) is 2.17. The first-order chi connectivity index (χ1) is 12.6. The first-order valence-corrected chi connectivity index (χ1v) is 9.36. The van der Waals surface area contributed by atoms with Crippen LogP contribution in [0, 0.1) is 34.0 Å². The highest BCUT2D eigenvalue weighted by Gasteiger charge is 2.14. The molecule has 0 unspecified atom stereocenters. The summed E-state index contributed by atoms with van der Waals surface area (Å²) in [5.74, 6) is 0. The van der Waals surface area contributed by atoms with E-state index in [-0.39, 0.29) is 11.1 Å². The molecule has 0 saturated heterocycles. The van der Waals surface area contributed by atoms with Crippen LogP contribution in [0.1, 0.15) is 19.4 Å². The molecule has 0 fully saturated rings. The van der Waals surface area contributed by atoms with Crippen LogP contribution in [-0.4, -0.2) is 0 Å². The maximum atomic E-state index is 9.54. The zero-order chi connectivity index (χ0) is 18.9. The van der Waals surface area contributed by atoms with Crippen molar-refractivity contribution in [3.05, 3.63) is 85.4 Å². The van der Waals surface area contributed by atoms with E-state index in [1.54, 1.807) is 47.8 Å². The smallest absolute Gasteiger partial charge is 0.138 e. The van der Waals surface area contributed by atoms with Gasteiger partial charge in [0.2, 0.25) is 0 Å². The lowest BCUT2D eigenvalue weighted by Gasteiger charge is -2.06. The molecule has 2 rings (SSSR count). The van der Waals surface area contributed by atoms with Crippen LogP contribution in [0.3, 0.4) is 0 Å². The van der Waals surface area contributed by atoms with E-state index >= 15 is 0 Å². The third kappa shape index (κ3) is 4.80. The summed E-state index contributed by atoms with van der Waals surface area (Å²) >= 11 is 3.45. The highest BCUT2D eigenvalue weighted by atomic mass is 32.2. The lowest BCUT2D eigenvalue weighted by Crippen LogP contribution is -1.92. The Balaban J connectivity index is 2.34. The highest BCUT2D eigenvalue weighted by molar-refractivity contribution is 8.28. The third-order valence-electron chi connectivity index (χ3n) is 3.54. The molecule has 0 amide bonds. The number of nitrogens with zero attached hydrogens (tertiary/aromatic N) is 3. The van der Waals surface area contributed by atoms with E-state index in [1.165, 1.54) is 14.0 Å². The van der Waals surface area contributed by atoms with Crippen molar-refractivity contribution >= 4 is 29.1 Å². The summed E-state index contributed by atoms with van der Waals surface area (Å²) in [5.41, 5.74) is 1.23. The summed E-state index contributed by atoms with van der Waals surface area (Å²) < 4.78 is 1.18. The molecule has 126 valence electrons. The van der Waals surface area contributed by atoms with Gasteiger partial charge in [-0.2, -0.15) is 15.8 Å². The summed E-state index contributed by atoms with van der Waals surface area (Å²) in [6, 6.07) is 14.9. The maximum Gasteiger partial charge on any atom is 0.138 e. The van der Waals surface area contributed by atoms with Gasteiger partial charge in [0.15, 0.2) is 0 Å². The van der Waals surface area contributed by atoms with Crippen molar-refractivity contribution in [1.82, 2.24) is 0 Å². The van der Waals surface area contributed by atoms with Crippen LogP contribution >= 0.6 is 23.5 Å². The van der Waals surface area contributed by atoms with Crippen molar-refractivity contribution in [2.75, 3.05) is 0 Å². The largest absolute Gasteiger partial charge is 0.192 e. The Kier molecular flexibility index (Phi) is 7.12. The summed E-state index contributed by atoms with van der Waals surface area (Å²) in [6.45, 7) is 4.18. The lowest BCUT2D eigenvalue weighted by atomic mass is 9.94. The molecule has 0 atom stereocenters. The predicted molar refractivity (Wildman–Crippen MR) is 109 cm³/mol. The molecule has 1 heterocycles. The van der Waals surface area contributed by atoms with E-state index in [1.807, 2.05) is 42.5 Å². The molecular formula is C21H15N3S2. The molecule has 1 aliphatic rings. The number of nitriles is 3. The van der Waals surface area contributed by atoms with Gasteiger partial charge in [-0.3, -0.25) is 0 Å². The van der Waals surface area contributed by atoms with Gasteiger partial charge in [0, 0.05) is 9.81 Å². The van der Waals surface area contributed by atoms with Crippen molar-refractivity contribution in [1.29, 1.82) is 15.8 Å². The Morgan fingerprint density at radius 3 is 2.04 bits per heavy atom. The molecule has 3 nitrogen and oxygen atoms in total. The average molecular weight is 374 g/mol. The molecule has 1 aromatic carbocycles. The van der Waals surface area contributed by atoms with Crippen LogP contribution in [0.2, 0.25) is 0 Å². The van der Waals surface area contributed by atoms with Crippen LogP contribution in [0.25, 0.3) is 5.57 Å². The van der Waals surface area contributed by atoms with Crippen LogP contribution < -0.4 is 0 Å². The van der Waals surface area contributed by atoms with Gasteiger partial charge in [0.1, 0.15) is 17.7 Å². The SMILES string of the molecule is CC1=C(C)SC(=C/C=C/C=C(\C#N)C(=C(C#N)C#N)c2ccccc2)S1. The van der Waals surface area contributed by atoms with Crippen LogP contribution in [0.5, 0.6) is 0 Å². The Morgan fingerprint density at radius 1 is 0.885 bits per heavy atom. The first-order valence-electron chi connectivity index (χ1n) is 7.73. The third-order valence-corrected chi connectivity index (χ3v) is 6.06. The molecule has 26 heavy (non-hydrogen) atoms. The van der Waals surface area contributed by atoms with Gasteiger partial charge in [-0.05, 0) is 41.4 Å². The Morgan fingerprint density at radius 2 is 1.50 bits per heavy atom. The molecule has 1 aromatic rings. The number of rotatable bonds is 4. The van der Waals surface area contributed by atoms with Crippen molar-refractivity contribution in [2.45, 2.75) is 13.8 Å². The van der Waals surface area contributed by atoms with Crippen LogP contribution in [-0.2, 0) is 0 Å². The maximum absolute atomic E-state index is 9.54. The predicted octanol–water partition coefficient (Wildman–Crippen LogP) is 6.07. The normalized spacial score (nSPS) is 14.0. The van der Waals surface area contributed by atoms with Gasteiger partial charge in [-0.15, -0.1) is 0 Å². The van der Waals surface area contributed by atoms with Crippen LogP contribution in [0.15, 0.2) is 79.8 Å². The standard InChI is InChI=1S/C21H15N3S2/c1-15-16(2)26-20(25-15)11-7-6-10-18(12-22)21(19(13-23)14-24)17-8-4-3-5-9-17/h3-11H,1-2H3/b7-6+,18-10+. The first kappa shape index (κ1) is 19.4. The topological polar surface area (TPSA) is 71.4 Å². The molecule has 1 aliphatic heterocycles. The van der Waals surface area contributed by atoms with Gasteiger partial charge in [0.05, 0.1) is 11.6 Å². The summed E-state index contributed by atoms with van der Waals surface area (Å²) in [5, 5.41) is 28.1. The molecule has 5 heteroatoms. The van der Waals surface area contributed by atoms with Gasteiger partial charge < -0.3 is 0 Å². The second-order valence-electron chi connectivity index (χ2n) is 5.22. The quantitative estimate of drug-likeness (QED) is 0.473. The van der Waals surface area contributed by atoms with Crippen molar-refractivity contribution in [3.8, 4) is 18.2 Å². The molecule has 0 aromatic heterocycles. The minimum absolute atomic E-state index is 0.0758. The molecule has 0 radical (unpaired) electrons. The highest BCUT2D eigenvalue weighted by Crippen LogP contribution is 2.48. The molecule has 0 bridgehead atoms. The summed E-state index contributed by atoms with van der Waals surface area (Å²) in [4.78, 5) is 2.59. The second kappa shape index (κ2) is 9.54. The minimum Gasteiger partial charge on any atom is -0.192 e. The molecule has 0 aliphatic carbocycles. The lowest BCUT2D eigenvalue weighted by molar-refractivity contribution is 1.44. The number of hydrogen-bond donors (Lipinski definition) is 0. The minimum atomic E-state index is -0.0758. The van der Waals surface area contributed by atoms with E-state index in [9.17, 15) is 15.8 Å². The molecular weight excluding hydrogens is 358 g/mol. The monoisotopic (exact) mass is 373 g/mol. The van der Waals surface area contributed by atoms with E-state index in [0.29, 0.717) is 11.1 Å². The fraction of sp³-hybridized carbons (Fsp3) is 0.0952. The number of thioether (sulfide) groups is 2. The Hall–Kier alpha value is -2.91. The van der Waals surface area contributed by atoms with Gasteiger partial charge in [0.25, 0.3) is 0 Å². The van der Waals surface area contributed by atoms with Crippen LogP contribution in [0.4, 0.5) is 0 Å². The van der Waals surface area contributed by atoms with Crippen molar-refractivity contribution < 1.29 is 0 Å². The van der Waals surface area contributed by atoms with E-state index in [0.717, 1.165) is 0 Å². The average Bonchev–Trinajstić information content (AvgIpc) is 2.99. The zero-order valence-corrected chi connectivity index (χ0v) is 16.0. The number of hydrogen-bond acceptors (Lipinski definition) is 5. The zero-order valence-electron chi connectivity index (χ0n) is 14.4. The van der Waals surface area contributed by atoms with Gasteiger partial charge in [-0.1, -0.05) is 66.0 Å². The number of allylic oxidation sites excluding steroid dienone is 9.